The number of ether oxygens (including phenoxy) is 1. The van der Waals surface area contributed by atoms with Crippen molar-refractivity contribution in [1.29, 1.82) is 0 Å². The predicted octanol–water partition coefficient (Wildman–Crippen LogP) is 2.27. The fourth-order valence-corrected chi connectivity index (χ4v) is 3.28. The average molecular weight is 402 g/mol. The lowest BCUT2D eigenvalue weighted by Gasteiger charge is -2.42. The van der Waals surface area contributed by atoms with Crippen LogP contribution in [0.25, 0.3) is 5.69 Å². The van der Waals surface area contributed by atoms with E-state index < -0.39 is 16.6 Å². The number of hydrogen-bond acceptors (Lipinski definition) is 8. The third kappa shape index (κ3) is 4.53. The first kappa shape index (κ1) is 20.7. The Hall–Kier alpha value is -3.01. The molecule has 10 heteroatoms. The molecule has 29 heavy (non-hydrogen) atoms. The van der Waals surface area contributed by atoms with Crippen molar-refractivity contribution >= 4 is 17.5 Å². The number of pyridine rings is 1. The Kier molecular flexibility index (Phi) is 5.83. The lowest BCUT2D eigenvalue weighted by Crippen LogP contribution is -2.53. The molecule has 1 saturated heterocycles. The number of nitro groups is 1. The molecular formula is C19H26N6O4. The molecular weight excluding hydrogens is 376 g/mol. The van der Waals surface area contributed by atoms with Crippen LogP contribution in [0.5, 0.6) is 0 Å². The van der Waals surface area contributed by atoms with Gasteiger partial charge in [0, 0.05) is 31.7 Å². The van der Waals surface area contributed by atoms with Crippen LogP contribution in [0.1, 0.15) is 38.2 Å². The molecule has 0 aromatic carbocycles. The van der Waals surface area contributed by atoms with E-state index in [1.54, 1.807) is 19.2 Å². The zero-order valence-corrected chi connectivity index (χ0v) is 17.2. The zero-order valence-electron chi connectivity index (χ0n) is 17.2. The van der Waals surface area contributed by atoms with E-state index in [0.29, 0.717) is 5.69 Å². The number of hydrogen-bond donors (Lipinski definition) is 0. The summed E-state index contributed by atoms with van der Waals surface area (Å²) >= 11 is 0. The van der Waals surface area contributed by atoms with Crippen LogP contribution in [0.2, 0.25) is 0 Å². The van der Waals surface area contributed by atoms with Crippen molar-refractivity contribution in [3.8, 4) is 5.69 Å². The van der Waals surface area contributed by atoms with Gasteiger partial charge in [0.25, 0.3) is 0 Å². The van der Waals surface area contributed by atoms with Gasteiger partial charge in [0.05, 0.1) is 23.4 Å². The topological polar surface area (TPSA) is 107 Å². The van der Waals surface area contributed by atoms with E-state index in [-0.39, 0.29) is 17.8 Å². The maximum absolute atomic E-state index is 11.9. The monoisotopic (exact) mass is 402 g/mol. The molecule has 0 N–H and O–H groups in total. The minimum Gasteiger partial charge on any atom is -0.461 e. The van der Waals surface area contributed by atoms with Crippen LogP contribution in [0.15, 0.2) is 24.5 Å². The van der Waals surface area contributed by atoms with Crippen LogP contribution in [-0.4, -0.2) is 68.9 Å². The molecule has 2 aromatic heterocycles. The Labute approximate surface area is 169 Å². The largest absolute Gasteiger partial charge is 0.461 e. The first-order valence-electron chi connectivity index (χ1n) is 9.58. The molecule has 0 bridgehead atoms. The molecule has 3 rings (SSSR count). The maximum atomic E-state index is 11.9. The number of carbonyl (C=O) groups is 1. The molecule has 0 spiro atoms. The fraction of sp³-hybridized carbons (Fsp3) is 0.526. The summed E-state index contributed by atoms with van der Waals surface area (Å²) in [5.41, 5.74) is -0.0415. The van der Waals surface area contributed by atoms with Gasteiger partial charge in [0.2, 0.25) is 5.69 Å². The van der Waals surface area contributed by atoms with E-state index in [1.165, 1.54) is 10.9 Å². The average Bonchev–Trinajstić information content (AvgIpc) is 3.14. The molecule has 1 aliphatic rings. The SMILES string of the molecule is CCOC(=O)c1nn(-c2ccc(N3CCN(C(C)(C)C)CC3)nc2)cc1[N+](=O)[O-]. The van der Waals surface area contributed by atoms with Crippen molar-refractivity contribution in [3.05, 3.63) is 40.3 Å². The summed E-state index contributed by atoms with van der Waals surface area (Å²) in [4.78, 5) is 31.7. The second-order valence-electron chi connectivity index (χ2n) is 7.80. The van der Waals surface area contributed by atoms with Gasteiger partial charge in [-0.05, 0) is 39.8 Å². The van der Waals surface area contributed by atoms with Gasteiger partial charge in [0.15, 0.2) is 0 Å². The van der Waals surface area contributed by atoms with Gasteiger partial charge >= 0.3 is 11.7 Å². The van der Waals surface area contributed by atoms with Crippen LogP contribution in [0.3, 0.4) is 0 Å². The second kappa shape index (κ2) is 8.16. The predicted molar refractivity (Wildman–Crippen MR) is 108 cm³/mol. The molecule has 1 aliphatic heterocycles. The van der Waals surface area contributed by atoms with E-state index in [1.807, 2.05) is 6.07 Å². The van der Waals surface area contributed by atoms with Crippen molar-refractivity contribution < 1.29 is 14.5 Å². The van der Waals surface area contributed by atoms with Crippen molar-refractivity contribution in [3.63, 3.8) is 0 Å². The summed E-state index contributed by atoms with van der Waals surface area (Å²) < 4.78 is 6.13. The highest BCUT2D eigenvalue weighted by Gasteiger charge is 2.28. The Balaban J connectivity index is 1.76. The van der Waals surface area contributed by atoms with Crippen molar-refractivity contribution in [1.82, 2.24) is 19.7 Å². The minimum absolute atomic E-state index is 0.113. The van der Waals surface area contributed by atoms with Crippen LogP contribution in [-0.2, 0) is 4.74 Å². The first-order valence-corrected chi connectivity index (χ1v) is 9.58. The summed E-state index contributed by atoms with van der Waals surface area (Å²) in [6, 6.07) is 3.64. The van der Waals surface area contributed by atoms with Gasteiger partial charge in [-0.3, -0.25) is 15.0 Å². The smallest absolute Gasteiger partial charge is 0.366 e. The van der Waals surface area contributed by atoms with Gasteiger partial charge in [-0.2, -0.15) is 5.10 Å². The number of anilines is 1. The lowest BCUT2D eigenvalue weighted by atomic mass is 10.1. The van der Waals surface area contributed by atoms with Gasteiger partial charge in [-0.25, -0.2) is 14.5 Å². The molecule has 2 aromatic rings. The van der Waals surface area contributed by atoms with Gasteiger partial charge in [-0.1, -0.05) is 0 Å². The van der Waals surface area contributed by atoms with Crippen molar-refractivity contribution in [2.75, 3.05) is 37.7 Å². The van der Waals surface area contributed by atoms with Crippen LogP contribution >= 0.6 is 0 Å². The fourth-order valence-electron chi connectivity index (χ4n) is 3.28. The molecule has 10 nitrogen and oxygen atoms in total. The van der Waals surface area contributed by atoms with Crippen molar-refractivity contribution in [2.45, 2.75) is 33.2 Å². The third-order valence-corrected chi connectivity index (χ3v) is 4.91. The highest BCUT2D eigenvalue weighted by atomic mass is 16.6. The van der Waals surface area contributed by atoms with E-state index >= 15 is 0 Å². The van der Waals surface area contributed by atoms with Crippen LogP contribution < -0.4 is 4.90 Å². The van der Waals surface area contributed by atoms with Gasteiger partial charge in [-0.15, -0.1) is 0 Å². The second-order valence-corrected chi connectivity index (χ2v) is 7.80. The quantitative estimate of drug-likeness (QED) is 0.426. The summed E-state index contributed by atoms with van der Waals surface area (Å²) in [6.07, 6.45) is 2.79. The number of piperazine rings is 1. The molecule has 0 atom stereocenters. The Morgan fingerprint density at radius 3 is 2.45 bits per heavy atom. The Morgan fingerprint density at radius 2 is 1.93 bits per heavy atom. The molecule has 0 radical (unpaired) electrons. The van der Waals surface area contributed by atoms with Crippen LogP contribution in [0, 0.1) is 10.1 Å². The van der Waals surface area contributed by atoms with E-state index in [9.17, 15) is 14.9 Å². The highest BCUT2D eigenvalue weighted by molar-refractivity contribution is 5.91. The highest BCUT2D eigenvalue weighted by Crippen LogP contribution is 2.23. The van der Waals surface area contributed by atoms with Gasteiger partial charge in [0.1, 0.15) is 12.0 Å². The molecule has 0 amide bonds. The number of esters is 1. The Morgan fingerprint density at radius 1 is 1.24 bits per heavy atom. The molecule has 0 unspecified atom stereocenters. The lowest BCUT2D eigenvalue weighted by molar-refractivity contribution is -0.385. The summed E-state index contributed by atoms with van der Waals surface area (Å²) in [6.45, 7) is 12.1. The first-order chi connectivity index (χ1) is 13.7. The van der Waals surface area contributed by atoms with E-state index in [2.05, 4.69) is 40.7 Å². The summed E-state index contributed by atoms with van der Waals surface area (Å²) in [5, 5.41) is 15.3. The number of carbonyl (C=O) groups excluding carboxylic acids is 1. The summed E-state index contributed by atoms with van der Waals surface area (Å²) in [5.74, 6) is 0.0221. The zero-order chi connectivity index (χ0) is 21.2. The number of aromatic nitrogens is 3. The molecule has 0 aliphatic carbocycles. The third-order valence-electron chi connectivity index (χ3n) is 4.91. The van der Waals surface area contributed by atoms with E-state index in [4.69, 9.17) is 4.74 Å². The maximum Gasteiger partial charge on any atom is 0.366 e. The minimum atomic E-state index is -0.820. The normalized spacial score (nSPS) is 15.4. The molecule has 3 heterocycles. The standard InChI is InChI=1S/C19H26N6O4/c1-5-29-18(26)17-15(25(27)28)13-24(21-17)14-6-7-16(20-12-14)22-8-10-23(11-9-22)19(2,3)4/h6-7,12-13H,5,8-11H2,1-4H3. The van der Waals surface area contributed by atoms with E-state index in [0.717, 1.165) is 32.0 Å². The molecule has 1 fully saturated rings. The Bertz CT molecular complexity index is 879. The van der Waals surface area contributed by atoms with Crippen LogP contribution in [0.4, 0.5) is 11.5 Å². The number of rotatable bonds is 5. The molecule has 156 valence electrons. The van der Waals surface area contributed by atoms with Gasteiger partial charge < -0.3 is 9.64 Å². The van der Waals surface area contributed by atoms with Crippen molar-refractivity contribution in [2.24, 2.45) is 0 Å². The summed E-state index contributed by atoms with van der Waals surface area (Å²) in [7, 11) is 0. The molecule has 0 saturated carbocycles. The number of nitrogens with zero attached hydrogens (tertiary/aromatic N) is 6.